The molecule has 0 saturated heterocycles. The number of nitrogens with two attached hydrogens (primary N) is 1. The SMILES string of the molecule is NC(=O)[C@@H]1Cc2ccccc2N1CC(O)COCc1ccccc1F. The van der Waals surface area contributed by atoms with E-state index < -0.39 is 18.1 Å². The van der Waals surface area contributed by atoms with Crippen LogP contribution in [0.5, 0.6) is 0 Å². The van der Waals surface area contributed by atoms with Crippen LogP contribution in [0.25, 0.3) is 0 Å². The summed E-state index contributed by atoms with van der Waals surface area (Å²) in [6.07, 6.45) is -0.284. The van der Waals surface area contributed by atoms with Crippen molar-refractivity contribution in [3.8, 4) is 0 Å². The van der Waals surface area contributed by atoms with E-state index in [2.05, 4.69) is 0 Å². The maximum absolute atomic E-state index is 13.5. The third-order valence-electron chi connectivity index (χ3n) is 4.35. The Morgan fingerprint density at radius 3 is 2.76 bits per heavy atom. The topological polar surface area (TPSA) is 75.8 Å². The average molecular weight is 344 g/mol. The van der Waals surface area contributed by atoms with Crippen LogP contribution in [-0.2, 0) is 22.6 Å². The highest BCUT2D eigenvalue weighted by Crippen LogP contribution is 2.31. The number of primary amides is 1. The van der Waals surface area contributed by atoms with Crippen LogP contribution in [-0.4, -0.2) is 36.3 Å². The van der Waals surface area contributed by atoms with Gasteiger partial charge >= 0.3 is 0 Å². The molecule has 0 fully saturated rings. The smallest absolute Gasteiger partial charge is 0.240 e. The summed E-state index contributed by atoms with van der Waals surface area (Å²) in [5.74, 6) is -0.755. The number of aliphatic hydroxyl groups excluding tert-OH is 1. The number of aliphatic hydroxyl groups is 1. The van der Waals surface area contributed by atoms with Gasteiger partial charge in [0.1, 0.15) is 11.9 Å². The van der Waals surface area contributed by atoms with Crippen molar-refractivity contribution in [2.75, 3.05) is 18.1 Å². The highest BCUT2D eigenvalue weighted by atomic mass is 19.1. The van der Waals surface area contributed by atoms with Gasteiger partial charge in [0.2, 0.25) is 5.91 Å². The van der Waals surface area contributed by atoms with Crippen molar-refractivity contribution in [2.24, 2.45) is 5.73 Å². The molecule has 1 heterocycles. The second-order valence-electron chi connectivity index (χ2n) is 6.16. The van der Waals surface area contributed by atoms with E-state index in [0.717, 1.165) is 11.3 Å². The van der Waals surface area contributed by atoms with Crippen LogP contribution in [0.3, 0.4) is 0 Å². The molecule has 1 aliphatic rings. The number of amides is 1. The van der Waals surface area contributed by atoms with E-state index in [1.165, 1.54) is 6.07 Å². The fraction of sp³-hybridized carbons (Fsp3) is 0.316. The van der Waals surface area contributed by atoms with Gasteiger partial charge in [-0.1, -0.05) is 36.4 Å². The van der Waals surface area contributed by atoms with Crippen molar-refractivity contribution in [3.63, 3.8) is 0 Å². The lowest BCUT2D eigenvalue weighted by atomic mass is 10.1. The molecule has 0 spiro atoms. The van der Waals surface area contributed by atoms with Crippen molar-refractivity contribution in [3.05, 3.63) is 65.5 Å². The number of carbonyl (C=O) groups is 1. The summed E-state index contributed by atoms with van der Waals surface area (Å²) >= 11 is 0. The summed E-state index contributed by atoms with van der Waals surface area (Å²) in [7, 11) is 0. The standard InChI is InChI=1S/C19H21FN2O3/c20-16-7-3-1-6-14(16)11-25-12-15(23)10-22-17-8-4-2-5-13(17)9-18(22)19(21)24/h1-8,15,18,23H,9-12H2,(H2,21,24)/t15?,18-/m0/s1. The van der Waals surface area contributed by atoms with Gasteiger partial charge in [0, 0.05) is 24.2 Å². The minimum absolute atomic E-state index is 0.0402. The molecule has 132 valence electrons. The van der Waals surface area contributed by atoms with E-state index in [4.69, 9.17) is 10.5 Å². The Morgan fingerprint density at radius 1 is 1.28 bits per heavy atom. The lowest BCUT2D eigenvalue weighted by molar-refractivity contribution is -0.119. The molecule has 5 nitrogen and oxygen atoms in total. The predicted molar refractivity (Wildman–Crippen MR) is 92.5 cm³/mol. The number of halogens is 1. The average Bonchev–Trinajstić information content (AvgIpc) is 2.96. The summed E-state index contributed by atoms with van der Waals surface area (Å²) in [6, 6.07) is 13.5. The first-order valence-electron chi connectivity index (χ1n) is 8.19. The van der Waals surface area contributed by atoms with Gasteiger partial charge in [-0.3, -0.25) is 4.79 Å². The van der Waals surface area contributed by atoms with E-state index in [0.29, 0.717) is 12.0 Å². The second kappa shape index (κ2) is 7.63. The van der Waals surface area contributed by atoms with E-state index >= 15 is 0 Å². The molecular weight excluding hydrogens is 323 g/mol. The Kier molecular flexibility index (Phi) is 5.31. The minimum Gasteiger partial charge on any atom is -0.389 e. The molecule has 0 aliphatic carbocycles. The van der Waals surface area contributed by atoms with Crippen molar-refractivity contribution < 1.29 is 19.0 Å². The Morgan fingerprint density at radius 2 is 2.00 bits per heavy atom. The first kappa shape index (κ1) is 17.4. The number of benzene rings is 2. The van der Waals surface area contributed by atoms with Gasteiger partial charge in [-0.2, -0.15) is 0 Å². The summed E-state index contributed by atoms with van der Waals surface area (Å²) in [5.41, 5.74) is 7.88. The molecular formula is C19H21FN2O3. The molecule has 3 rings (SSSR count). The fourth-order valence-corrected chi connectivity index (χ4v) is 3.13. The lowest BCUT2D eigenvalue weighted by Gasteiger charge is -2.27. The Balaban J connectivity index is 1.59. The highest BCUT2D eigenvalue weighted by Gasteiger charge is 2.33. The first-order valence-corrected chi connectivity index (χ1v) is 8.19. The largest absolute Gasteiger partial charge is 0.389 e. The molecule has 2 aromatic carbocycles. The monoisotopic (exact) mass is 344 g/mol. The van der Waals surface area contributed by atoms with Gasteiger partial charge in [-0.05, 0) is 17.7 Å². The van der Waals surface area contributed by atoms with Gasteiger partial charge in [-0.15, -0.1) is 0 Å². The molecule has 3 N–H and O–H groups in total. The van der Waals surface area contributed by atoms with Crippen molar-refractivity contribution in [1.29, 1.82) is 0 Å². The molecule has 0 aromatic heterocycles. The molecule has 0 bridgehead atoms. The summed E-state index contributed by atoms with van der Waals surface area (Å²) in [6.45, 7) is 0.347. The summed E-state index contributed by atoms with van der Waals surface area (Å²) in [5, 5.41) is 10.3. The number of hydrogen-bond donors (Lipinski definition) is 2. The predicted octanol–water partition coefficient (Wildman–Crippen LogP) is 1.62. The number of para-hydroxylation sites is 1. The summed E-state index contributed by atoms with van der Waals surface area (Å²) in [4.78, 5) is 13.5. The van der Waals surface area contributed by atoms with Crippen molar-refractivity contribution in [1.82, 2.24) is 0 Å². The molecule has 2 aromatic rings. The Hall–Kier alpha value is -2.44. The zero-order chi connectivity index (χ0) is 17.8. The zero-order valence-electron chi connectivity index (χ0n) is 13.8. The first-order chi connectivity index (χ1) is 12.1. The van der Waals surface area contributed by atoms with Crippen LogP contribution < -0.4 is 10.6 Å². The van der Waals surface area contributed by atoms with Crippen molar-refractivity contribution in [2.45, 2.75) is 25.2 Å². The number of carbonyl (C=O) groups excluding carboxylic acids is 1. The molecule has 1 amide bonds. The number of fused-ring (bicyclic) bond motifs is 1. The second-order valence-corrected chi connectivity index (χ2v) is 6.16. The number of anilines is 1. The molecule has 2 atom stereocenters. The van der Waals surface area contributed by atoms with E-state index in [1.54, 1.807) is 18.2 Å². The van der Waals surface area contributed by atoms with Crippen LogP contribution in [0.1, 0.15) is 11.1 Å². The van der Waals surface area contributed by atoms with Gasteiger partial charge in [0.15, 0.2) is 0 Å². The highest BCUT2D eigenvalue weighted by molar-refractivity contribution is 5.86. The van der Waals surface area contributed by atoms with Crippen LogP contribution >= 0.6 is 0 Å². The van der Waals surface area contributed by atoms with Gasteiger partial charge in [0.25, 0.3) is 0 Å². The number of nitrogens with zero attached hydrogens (tertiary/aromatic N) is 1. The maximum atomic E-state index is 13.5. The van der Waals surface area contributed by atoms with Gasteiger partial charge in [0.05, 0.1) is 19.3 Å². The quantitative estimate of drug-likeness (QED) is 0.800. The molecule has 0 saturated carbocycles. The van der Waals surface area contributed by atoms with E-state index in [1.807, 2.05) is 29.2 Å². The molecule has 1 aliphatic heterocycles. The normalized spacial score (nSPS) is 17.4. The molecule has 6 heteroatoms. The number of β-amino-alcohol motifs (C(OH)–C–C–N with tert-alkyl or cyclic N) is 1. The van der Waals surface area contributed by atoms with Crippen LogP contribution in [0.2, 0.25) is 0 Å². The fourth-order valence-electron chi connectivity index (χ4n) is 3.13. The third-order valence-corrected chi connectivity index (χ3v) is 4.35. The van der Waals surface area contributed by atoms with E-state index in [-0.39, 0.29) is 25.6 Å². The van der Waals surface area contributed by atoms with Gasteiger partial charge in [-0.25, -0.2) is 4.39 Å². The molecule has 25 heavy (non-hydrogen) atoms. The lowest BCUT2D eigenvalue weighted by Crippen LogP contribution is -2.46. The number of rotatable bonds is 7. The zero-order valence-corrected chi connectivity index (χ0v) is 13.8. The third kappa shape index (κ3) is 3.97. The minimum atomic E-state index is -0.820. The van der Waals surface area contributed by atoms with E-state index in [9.17, 15) is 14.3 Å². The van der Waals surface area contributed by atoms with Crippen LogP contribution in [0, 0.1) is 5.82 Å². The number of hydrogen-bond acceptors (Lipinski definition) is 4. The van der Waals surface area contributed by atoms with Crippen LogP contribution in [0.4, 0.5) is 10.1 Å². The number of ether oxygens (including phenoxy) is 1. The van der Waals surface area contributed by atoms with Crippen molar-refractivity contribution >= 4 is 11.6 Å². The maximum Gasteiger partial charge on any atom is 0.240 e. The summed E-state index contributed by atoms with van der Waals surface area (Å²) < 4.78 is 19.0. The molecule has 1 unspecified atom stereocenters. The Labute approximate surface area is 145 Å². The van der Waals surface area contributed by atoms with Gasteiger partial charge < -0.3 is 20.5 Å². The Bertz CT molecular complexity index is 753. The van der Waals surface area contributed by atoms with Crippen LogP contribution in [0.15, 0.2) is 48.5 Å². The molecule has 0 radical (unpaired) electrons.